The number of carbonyl (C=O) groups is 2. The molecule has 0 bridgehead atoms. The van der Waals surface area contributed by atoms with Gasteiger partial charge >= 0.3 is 10.2 Å². The van der Waals surface area contributed by atoms with Gasteiger partial charge in [-0.15, -0.1) is 0 Å². The first kappa shape index (κ1) is 22.8. The van der Waals surface area contributed by atoms with Gasteiger partial charge in [-0.2, -0.15) is 8.42 Å². The number of fused-ring (bicyclic) bond motifs is 1. The summed E-state index contributed by atoms with van der Waals surface area (Å²) in [6.45, 7) is -0.358. The zero-order valence-electron chi connectivity index (χ0n) is 17.8. The Labute approximate surface area is 186 Å². The molecule has 0 aromatic heterocycles. The van der Waals surface area contributed by atoms with Crippen LogP contribution in [0.4, 0.5) is 10.1 Å². The van der Waals surface area contributed by atoms with Crippen molar-refractivity contribution in [2.45, 2.75) is 64.0 Å². The molecule has 1 atom stereocenters. The Bertz CT molecular complexity index is 1030. The monoisotopic (exact) mass is 468 g/mol. The molecule has 0 unspecified atom stereocenters. The van der Waals surface area contributed by atoms with Gasteiger partial charge in [-0.1, -0.05) is 32.1 Å². The number of nitrogens with one attached hydrogen (secondary N) is 1. The van der Waals surface area contributed by atoms with E-state index in [2.05, 4.69) is 0 Å². The second kappa shape index (κ2) is 8.86. The van der Waals surface area contributed by atoms with Crippen LogP contribution in [-0.4, -0.2) is 49.4 Å². The predicted octanol–water partition coefficient (Wildman–Crippen LogP) is 1.28. The van der Waals surface area contributed by atoms with Crippen molar-refractivity contribution in [2.75, 3.05) is 17.4 Å². The maximum atomic E-state index is 15.4. The van der Waals surface area contributed by atoms with Crippen LogP contribution in [0.15, 0.2) is 6.07 Å². The van der Waals surface area contributed by atoms with E-state index in [1.807, 2.05) is 0 Å². The minimum absolute atomic E-state index is 0.0698. The molecule has 4 rings (SSSR count). The van der Waals surface area contributed by atoms with Gasteiger partial charge in [-0.3, -0.25) is 9.59 Å². The summed E-state index contributed by atoms with van der Waals surface area (Å²) < 4.78 is 42.0. The first-order chi connectivity index (χ1) is 15.2. The number of rotatable bonds is 5. The van der Waals surface area contributed by atoms with E-state index in [1.165, 1.54) is 43.1 Å². The second-order valence-electron chi connectivity index (χ2n) is 8.93. The Morgan fingerprint density at radius 3 is 2.66 bits per heavy atom. The third-order valence-electron chi connectivity index (χ3n) is 6.72. The highest BCUT2D eigenvalue weighted by atomic mass is 32.2. The number of aromatic hydroxyl groups is 1. The highest BCUT2D eigenvalue weighted by Gasteiger charge is 2.39. The van der Waals surface area contributed by atoms with Crippen LogP contribution in [0.5, 0.6) is 5.75 Å². The fraction of sp³-hybridized carbons (Fsp3) is 0.619. The highest BCUT2D eigenvalue weighted by molar-refractivity contribution is 7.92. The number of nitrogens with zero attached hydrogens (tertiary/aromatic N) is 2. The molecule has 1 aromatic rings. The van der Waals surface area contributed by atoms with Crippen molar-refractivity contribution in [1.29, 1.82) is 0 Å². The molecular formula is C21H29FN4O5S. The van der Waals surface area contributed by atoms with Gasteiger partial charge in [0.15, 0.2) is 5.82 Å². The number of benzene rings is 1. The minimum Gasteiger partial charge on any atom is -0.506 e. The summed E-state index contributed by atoms with van der Waals surface area (Å²) in [6, 6.07) is 0.635. The quantitative estimate of drug-likeness (QED) is 0.596. The average Bonchev–Trinajstić information content (AvgIpc) is 3.03. The van der Waals surface area contributed by atoms with E-state index in [4.69, 9.17) is 5.73 Å². The number of phenolic OH excluding ortho intramolecular Hbond substituents is 1. The summed E-state index contributed by atoms with van der Waals surface area (Å²) in [7, 11) is -4.29. The first-order valence-electron chi connectivity index (χ1n) is 11.1. The molecule has 9 nitrogen and oxygen atoms in total. The summed E-state index contributed by atoms with van der Waals surface area (Å²) in [4.78, 5) is 25.9. The molecule has 11 heteroatoms. The smallest absolute Gasteiger partial charge is 0.326 e. The molecule has 2 heterocycles. The maximum Gasteiger partial charge on any atom is 0.326 e. The van der Waals surface area contributed by atoms with Crippen molar-refractivity contribution >= 4 is 27.7 Å². The molecule has 2 fully saturated rings. The summed E-state index contributed by atoms with van der Waals surface area (Å²) >= 11 is 0. The van der Waals surface area contributed by atoms with Crippen LogP contribution < -0.4 is 14.8 Å². The number of phenols is 1. The predicted molar refractivity (Wildman–Crippen MR) is 115 cm³/mol. The first-order valence-corrected chi connectivity index (χ1v) is 12.5. The lowest BCUT2D eigenvalue weighted by molar-refractivity contribution is -0.133. The number of carbonyl (C=O) groups excluding carboxylic acids is 2. The molecule has 2 amide bonds. The third-order valence-corrected chi connectivity index (χ3v) is 8.10. The molecule has 0 radical (unpaired) electrons. The van der Waals surface area contributed by atoms with Gasteiger partial charge in [-0.05, 0) is 36.8 Å². The topological polar surface area (TPSA) is 133 Å². The summed E-state index contributed by atoms with van der Waals surface area (Å²) in [6.07, 6.45) is 7.84. The van der Waals surface area contributed by atoms with Crippen molar-refractivity contribution in [3.05, 3.63) is 23.0 Å². The number of hydrogen-bond acceptors (Lipinski definition) is 6. The van der Waals surface area contributed by atoms with Gasteiger partial charge < -0.3 is 15.7 Å². The van der Waals surface area contributed by atoms with Crippen LogP contribution >= 0.6 is 0 Å². The lowest BCUT2D eigenvalue weighted by Crippen LogP contribution is -2.46. The van der Waals surface area contributed by atoms with E-state index < -0.39 is 46.0 Å². The Morgan fingerprint density at radius 2 is 2.00 bits per heavy atom. The zero-order valence-corrected chi connectivity index (χ0v) is 18.7. The summed E-state index contributed by atoms with van der Waals surface area (Å²) in [5.74, 6) is -1.99. The van der Waals surface area contributed by atoms with Crippen LogP contribution in [-0.2, 0) is 32.8 Å². The highest BCUT2D eigenvalue weighted by Crippen LogP contribution is 2.39. The van der Waals surface area contributed by atoms with Crippen LogP contribution in [0.1, 0.15) is 56.1 Å². The molecule has 1 saturated carbocycles. The average molecular weight is 469 g/mol. The molecule has 1 aliphatic carbocycles. The number of halogens is 1. The largest absolute Gasteiger partial charge is 0.506 e. The standard InChI is InChI=1S/C21H29FN4O5S/c22-19-15-11-25(21(29)16(23)7-6-13-4-2-1-3-5-13)9-8-14(15)10-17(27)20(19)26-12-18(28)24-32(26,30)31/h10,13,16,27H,1-9,11-12,23H2,(H,24,28)/t16-/m1/s1. The molecule has 1 saturated heterocycles. The summed E-state index contributed by atoms with van der Waals surface area (Å²) in [5.41, 5.74) is 6.21. The van der Waals surface area contributed by atoms with Crippen LogP contribution in [0, 0.1) is 11.7 Å². The molecular weight excluding hydrogens is 439 g/mol. The molecule has 1 aromatic carbocycles. The SMILES string of the molecule is N[C@H](CCC1CCCCC1)C(=O)N1CCc2cc(O)c(N3CC(=O)NS3(=O)=O)c(F)c2C1. The molecule has 2 aliphatic heterocycles. The fourth-order valence-electron chi connectivity index (χ4n) is 4.96. The van der Waals surface area contributed by atoms with E-state index in [-0.39, 0.29) is 18.0 Å². The van der Waals surface area contributed by atoms with Gasteiger partial charge in [0.25, 0.3) is 5.91 Å². The van der Waals surface area contributed by atoms with Gasteiger partial charge in [-0.25, -0.2) is 13.4 Å². The van der Waals surface area contributed by atoms with Crippen molar-refractivity contribution in [2.24, 2.45) is 11.7 Å². The van der Waals surface area contributed by atoms with Crippen molar-refractivity contribution in [3.8, 4) is 5.75 Å². The lowest BCUT2D eigenvalue weighted by atomic mass is 9.85. The summed E-state index contributed by atoms with van der Waals surface area (Å²) in [5, 5.41) is 10.3. The van der Waals surface area contributed by atoms with Gasteiger partial charge in [0.05, 0.1) is 6.04 Å². The van der Waals surface area contributed by atoms with E-state index in [0.29, 0.717) is 35.2 Å². The van der Waals surface area contributed by atoms with E-state index in [1.54, 1.807) is 4.72 Å². The minimum atomic E-state index is -4.29. The van der Waals surface area contributed by atoms with E-state index in [9.17, 15) is 23.1 Å². The molecule has 176 valence electrons. The molecule has 3 aliphatic rings. The van der Waals surface area contributed by atoms with Crippen LogP contribution in [0.2, 0.25) is 0 Å². The van der Waals surface area contributed by atoms with E-state index in [0.717, 1.165) is 6.42 Å². The third kappa shape index (κ3) is 4.40. The maximum absolute atomic E-state index is 15.4. The number of anilines is 1. The fourth-order valence-corrected chi connectivity index (χ4v) is 6.12. The van der Waals surface area contributed by atoms with Gasteiger partial charge in [0.1, 0.15) is 18.0 Å². The van der Waals surface area contributed by atoms with Gasteiger partial charge in [0, 0.05) is 18.7 Å². The van der Waals surface area contributed by atoms with Crippen molar-refractivity contribution in [1.82, 2.24) is 9.62 Å². The molecule has 4 N–H and O–H groups in total. The molecule has 32 heavy (non-hydrogen) atoms. The Kier molecular flexibility index (Phi) is 6.30. The number of nitrogens with two attached hydrogens (primary N) is 1. The van der Waals surface area contributed by atoms with Crippen molar-refractivity contribution < 1.29 is 27.5 Å². The zero-order chi connectivity index (χ0) is 23.0. The van der Waals surface area contributed by atoms with Crippen LogP contribution in [0.3, 0.4) is 0 Å². The lowest BCUT2D eigenvalue weighted by Gasteiger charge is -2.32. The van der Waals surface area contributed by atoms with Crippen LogP contribution in [0.25, 0.3) is 0 Å². The normalized spacial score (nSPS) is 21.9. The Balaban J connectivity index is 1.50. The molecule has 0 spiro atoms. The Hall–Kier alpha value is -2.40. The van der Waals surface area contributed by atoms with Gasteiger partial charge in [0.2, 0.25) is 5.91 Å². The van der Waals surface area contributed by atoms with Crippen molar-refractivity contribution in [3.63, 3.8) is 0 Å². The number of hydrogen-bond donors (Lipinski definition) is 3. The Morgan fingerprint density at radius 1 is 1.28 bits per heavy atom. The van der Waals surface area contributed by atoms with E-state index >= 15 is 4.39 Å². The second-order valence-corrected chi connectivity index (χ2v) is 10.5. The number of amides is 2.